The molecule has 0 bridgehead atoms. The molecule has 0 spiro atoms. The zero-order chi connectivity index (χ0) is 21.3. The summed E-state index contributed by atoms with van der Waals surface area (Å²) in [6, 6.07) is 10.3. The van der Waals surface area contributed by atoms with E-state index in [1.807, 2.05) is 37.3 Å². The van der Waals surface area contributed by atoms with Gasteiger partial charge in [0.1, 0.15) is 0 Å². The summed E-state index contributed by atoms with van der Waals surface area (Å²) >= 11 is 0. The molecule has 1 aromatic carbocycles. The van der Waals surface area contributed by atoms with Gasteiger partial charge in [0, 0.05) is 43.2 Å². The SMILES string of the molecule is CCNc1ncc(COC)c(-c2c[nH]c(OC(=O)NC(CO)c3ccccc3)c2)n1. The number of hydrogen-bond donors (Lipinski definition) is 4. The van der Waals surface area contributed by atoms with Crippen molar-refractivity contribution in [3.63, 3.8) is 0 Å². The van der Waals surface area contributed by atoms with Crippen LogP contribution >= 0.6 is 0 Å². The van der Waals surface area contributed by atoms with E-state index in [4.69, 9.17) is 9.47 Å². The number of hydrogen-bond acceptors (Lipinski definition) is 7. The number of aromatic nitrogens is 3. The zero-order valence-corrected chi connectivity index (χ0v) is 16.9. The first kappa shape index (κ1) is 21.3. The standard InChI is InChI=1S/C21H25N5O4/c1-3-22-20-24-11-16(13-29-2)19(26-20)15-9-18(23-10-15)30-21(28)25-17(12-27)14-7-5-4-6-8-14/h4-11,17,23,27H,3,12-13H2,1-2H3,(H,25,28)(H,22,24,26). The van der Waals surface area contributed by atoms with Gasteiger partial charge in [-0.25, -0.2) is 14.8 Å². The fourth-order valence-electron chi connectivity index (χ4n) is 2.92. The molecule has 2 aromatic heterocycles. The van der Waals surface area contributed by atoms with E-state index in [-0.39, 0.29) is 12.5 Å². The average molecular weight is 411 g/mol. The van der Waals surface area contributed by atoms with Gasteiger partial charge in [-0.15, -0.1) is 0 Å². The molecular formula is C21H25N5O4. The Morgan fingerprint density at radius 1 is 1.30 bits per heavy atom. The van der Waals surface area contributed by atoms with E-state index in [1.54, 1.807) is 25.6 Å². The molecular weight excluding hydrogens is 386 g/mol. The smallest absolute Gasteiger partial charge is 0.394 e. The molecule has 3 aromatic rings. The van der Waals surface area contributed by atoms with Gasteiger partial charge in [-0.2, -0.15) is 0 Å². The maximum atomic E-state index is 12.3. The summed E-state index contributed by atoms with van der Waals surface area (Å²) in [4.78, 5) is 24.0. The number of aliphatic hydroxyl groups excluding tert-OH is 1. The number of aromatic amines is 1. The summed E-state index contributed by atoms with van der Waals surface area (Å²) in [5.74, 6) is 0.752. The molecule has 0 saturated heterocycles. The van der Waals surface area contributed by atoms with Gasteiger partial charge in [-0.05, 0) is 12.5 Å². The van der Waals surface area contributed by atoms with Gasteiger partial charge in [0.05, 0.1) is 24.9 Å². The minimum absolute atomic E-state index is 0.246. The molecule has 30 heavy (non-hydrogen) atoms. The Kier molecular flexibility index (Phi) is 7.36. The van der Waals surface area contributed by atoms with Gasteiger partial charge in [0.2, 0.25) is 11.8 Å². The van der Waals surface area contributed by atoms with Crippen LogP contribution in [0.2, 0.25) is 0 Å². The van der Waals surface area contributed by atoms with Crippen molar-refractivity contribution in [2.45, 2.75) is 19.6 Å². The van der Waals surface area contributed by atoms with Crippen LogP contribution < -0.4 is 15.4 Å². The Morgan fingerprint density at radius 2 is 2.10 bits per heavy atom. The lowest BCUT2D eigenvalue weighted by Gasteiger charge is -2.15. The lowest BCUT2D eigenvalue weighted by Crippen LogP contribution is -2.33. The van der Waals surface area contributed by atoms with Crippen LogP contribution in [0.15, 0.2) is 48.8 Å². The number of anilines is 1. The van der Waals surface area contributed by atoms with E-state index in [2.05, 4.69) is 25.6 Å². The van der Waals surface area contributed by atoms with Crippen LogP contribution in [0.4, 0.5) is 10.7 Å². The molecule has 0 radical (unpaired) electrons. The summed E-state index contributed by atoms with van der Waals surface area (Å²) in [5.41, 5.74) is 2.99. The van der Waals surface area contributed by atoms with E-state index < -0.39 is 12.1 Å². The molecule has 9 heteroatoms. The molecule has 0 aliphatic heterocycles. The van der Waals surface area contributed by atoms with Crippen LogP contribution in [0.25, 0.3) is 11.3 Å². The van der Waals surface area contributed by atoms with Gasteiger partial charge in [0.25, 0.3) is 0 Å². The second-order valence-electron chi connectivity index (χ2n) is 6.46. The van der Waals surface area contributed by atoms with Gasteiger partial charge in [-0.3, -0.25) is 0 Å². The maximum Gasteiger partial charge on any atom is 0.414 e. The highest BCUT2D eigenvalue weighted by molar-refractivity contribution is 5.72. The average Bonchev–Trinajstić information content (AvgIpc) is 3.22. The first-order valence-electron chi connectivity index (χ1n) is 9.56. The highest BCUT2D eigenvalue weighted by Crippen LogP contribution is 2.26. The van der Waals surface area contributed by atoms with E-state index in [1.165, 1.54) is 0 Å². The van der Waals surface area contributed by atoms with E-state index in [0.717, 1.165) is 16.7 Å². The number of nitrogens with zero attached hydrogens (tertiary/aromatic N) is 2. The van der Waals surface area contributed by atoms with Crippen LogP contribution in [-0.4, -0.2) is 46.4 Å². The maximum absolute atomic E-state index is 12.3. The van der Waals surface area contributed by atoms with Gasteiger partial charge in [-0.1, -0.05) is 30.3 Å². The Labute approximate surface area is 174 Å². The number of amides is 1. The summed E-state index contributed by atoms with van der Waals surface area (Å²) in [6.07, 6.45) is 2.72. The van der Waals surface area contributed by atoms with Crippen molar-refractivity contribution in [1.29, 1.82) is 0 Å². The van der Waals surface area contributed by atoms with E-state index >= 15 is 0 Å². The number of carbonyl (C=O) groups is 1. The number of methoxy groups -OCH3 is 1. The molecule has 1 atom stereocenters. The van der Waals surface area contributed by atoms with E-state index in [9.17, 15) is 9.90 Å². The highest BCUT2D eigenvalue weighted by Gasteiger charge is 2.17. The van der Waals surface area contributed by atoms with Gasteiger partial charge < -0.3 is 30.2 Å². The Bertz CT molecular complexity index is 961. The summed E-state index contributed by atoms with van der Waals surface area (Å²) in [5, 5.41) is 15.3. The van der Waals surface area contributed by atoms with Gasteiger partial charge in [0.15, 0.2) is 0 Å². The quantitative estimate of drug-likeness (QED) is 0.427. The molecule has 9 nitrogen and oxygen atoms in total. The fraction of sp³-hybridized carbons (Fsp3) is 0.286. The zero-order valence-electron chi connectivity index (χ0n) is 16.9. The molecule has 4 N–H and O–H groups in total. The van der Waals surface area contributed by atoms with Crippen molar-refractivity contribution in [3.8, 4) is 17.1 Å². The van der Waals surface area contributed by atoms with Crippen molar-refractivity contribution in [1.82, 2.24) is 20.3 Å². The lowest BCUT2D eigenvalue weighted by molar-refractivity contribution is 0.182. The molecule has 2 heterocycles. The number of ether oxygens (including phenoxy) is 2. The first-order valence-corrected chi connectivity index (χ1v) is 9.56. The molecule has 1 amide bonds. The van der Waals surface area contributed by atoms with Crippen molar-refractivity contribution in [2.75, 3.05) is 25.6 Å². The molecule has 3 rings (SSSR count). The Morgan fingerprint density at radius 3 is 2.80 bits per heavy atom. The molecule has 1 unspecified atom stereocenters. The third-order valence-corrected chi connectivity index (χ3v) is 4.31. The highest BCUT2D eigenvalue weighted by atomic mass is 16.6. The van der Waals surface area contributed by atoms with Gasteiger partial charge >= 0.3 is 6.09 Å². The third-order valence-electron chi connectivity index (χ3n) is 4.31. The largest absolute Gasteiger partial charge is 0.414 e. The van der Waals surface area contributed by atoms with Crippen LogP contribution in [0.3, 0.4) is 0 Å². The number of H-pyrrole nitrogens is 1. The number of rotatable bonds is 9. The van der Waals surface area contributed by atoms with Crippen molar-refractivity contribution in [3.05, 3.63) is 59.9 Å². The van der Waals surface area contributed by atoms with Crippen LogP contribution in [0.1, 0.15) is 24.1 Å². The summed E-state index contributed by atoms with van der Waals surface area (Å²) in [6.45, 7) is 2.75. The van der Waals surface area contributed by atoms with Crippen LogP contribution in [0.5, 0.6) is 5.88 Å². The Balaban J connectivity index is 1.73. The third kappa shape index (κ3) is 5.34. The second-order valence-corrected chi connectivity index (χ2v) is 6.46. The molecule has 0 aliphatic rings. The first-order chi connectivity index (χ1) is 14.6. The number of carbonyl (C=O) groups excluding carboxylic acids is 1. The van der Waals surface area contributed by atoms with Crippen LogP contribution in [-0.2, 0) is 11.3 Å². The molecule has 0 saturated carbocycles. The number of aliphatic hydroxyl groups is 1. The topological polar surface area (TPSA) is 121 Å². The monoisotopic (exact) mass is 411 g/mol. The molecule has 0 fully saturated rings. The summed E-state index contributed by atoms with van der Waals surface area (Å²) < 4.78 is 10.6. The minimum Gasteiger partial charge on any atom is -0.394 e. The minimum atomic E-state index is -0.681. The van der Waals surface area contributed by atoms with Crippen LogP contribution in [0, 0.1) is 0 Å². The predicted octanol–water partition coefficient (Wildman–Crippen LogP) is 2.87. The van der Waals surface area contributed by atoms with E-state index in [0.29, 0.717) is 24.8 Å². The summed E-state index contributed by atoms with van der Waals surface area (Å²) in [7, 11) is 1.60. The molecule has 0 aliphatic carbocycles. The van der Waals surface area contributed by atoms with Crippen molar-refractivity contribution < 1.29 is 19.4 Å². The number of benzene rings is 1. The second kappa shape index (κ2) is 10.4. The molecule has 158 valence electrons. The Hall–Kier alpha value is -3.43. The lowest BCUT2D eigenvalue weighted by atomic mass is 10.1. The predicted molar refractivity (Wildman–Crippen MR) is 112 cm³/mol. The fourth-order valence-corrected chi connectivity index (χ4v) is 2.92. The number of nitrogens with one attached hydrogen (secondary N) is 3. The van der Waals surface area contributed by atoms with Crippen molar-refractivity contribution >= 4 is 12.0 Å². The van der Waals surface area contributed by atoms with Crippen molar-refractivity contribution in [2.24, 2.45) is 0 Å². The normalized spacial score (nSPS) is 11.7.